The number of carbonyl (C=O) groups is 2. The highest BCUT2D eigenvalue weighted by atomic mass is 16.5. The zero-order chi connectivity index (χ0) is 14.1. The minimum atomic E-state index is -0.241. The molecule has 2 N–H and O–H groups in total. The summed E-state index contributed by atoms with van der Waals surface area (Å²) in [4.78, 5) is 22.1. The van der Waals surface area contributed by atoms with Crippen molar-refractivity contribution in [1.82, 2.24) is 10.6 Å². The van der Waals surface area contributed by atoms with Crippen LogP contribution in [0.25, 0.3) is 0 Å². The van der Waals surface area contributed by atoms with Crippen LogP contribution >= 0.6 is 0 Å². The van der Waals surface area contributed by atoms with Crippen molar-refractivity contribution in [1.29, 1.82) is 0 Å². The molecule has 1 aromatic carbocycles. The van der Waals surface area contributed by atoms with Crippen LogP contribution in [0.2, 0.25) is 0 Å². The van der Waals surface area contributed by atoms with E-state index >= 15 is 0 Å². The summed E-state index contributed by atoms with van der Waals surface area (Å²) < 4.78 is 5.07. The third-order valence-electron chi connectivity index (χ3n) is 2.62. The Kier molecular flexibility index (Phi) is 6.43. The number of ether oxygens (including phenoxy) is 1. The molecule has 2 amide bonds. The summed E-state index contributed by atoms with van der Waals surface area (Å²) in [5, 5.41) is 5.37. The molecule has 0 bridgehead atoms. The first kappa shape index (κ1) is 15.0. The predicted molar refractivity (Wildman–Crippen MR) is 73.4 cm³/mol. The fourth-order valence-electron chi connectivity index (χ4n) is 1.53. The minimum Gasteiger partial charge on any atom is -0.497 e. The Bertz CT molecular complexity index is 415. The second-order valence-electron chi connectivity index (χ2n) is 4.23. The standard InChI is InChI=1S/C14H20N2O3/c1-11(17)7-9-15-14(18)16-10-8-12-3-5-13(19-2)6-4-12/h3-6H,7-10H2,1-2H3,(H2,15,16,18). The number of amides is 2. The molecule has 0 saturated heterocycles. The van der Waals surface area contributed by atoms with Gasteiger partial charge >= 0.3 is 6.03 Å². The van der Waals surface area contributed by atoms with E-state index in [2.05, 4.69) is 10.6 Å². The lowest BCUT2D eigenvalue weighted by Crippen LogP contribution is -2.37. The number of benzene rings is 1. The van der Waals surface area contributed by atoms with Gasteiger partial charge in [-0.05, 0) is 31.0 Å². The van der Waals surface area contributed by atoms with Crippen LogP contribution in [0.15, 0.2) is 24.3 Å². The van der Waals surface area contributed by atoms with Gasteiger partial charge in [0, 0.05) is 19.5 Å². The quantitative estimate of drug-likeness (QED) is 0.784. The van der Waals surface area contributed by atoms with Gasteiger partial charge in [0.1, 0.15) is 11.5 Å². The van der Waals surface area contributed by atoms with E-state index in [4.69, 9.17) is 4.74 Å². The van der Waals surface area contributed by atoms with Gasteiger partial charge in [0.15, 0.2) is 0 Å². The van der Waals surface area contributed by atoms with Gasteiger partial charge in [0.25, 0.3) is 0 Å². The van der Waals surface area contributed by atoms with Crippen LogP contribution in [-0.4, -0.2) is 32.0 Å². The molecule has 0 atom stereocenters. The summed E-state index contributed by atoms with van der Waals surface area (Å²) in [6, 6.07) is 7.47. The van der Waals surface area contributed by atoms with E-state index in [1.807, 2.05) is 24.3 Å². The molecule has 0 heterocycles. The van der Waals surface area contributed by atoms with E-state index in [1.54, 1.807) is 7.11 Å². The first-order valence-electron chi connectivity index (χ1n) is 6.26. The molecule has 0 radical (unpaired) electrons. The largest absolute Gasteiger partial charge is 0.497 e. The van der Waals surface area contributed by atoms with Crippen molar-refractivity contribution in [3.8, 4) is 5.75 Å². The predicted octanol–water partition coefficient (Wildman–Crippen LogP) is 1.52. The molecular formula is C14H20N2O3. The van der Waals surface area contributed by atoms with Gasteiger partial charge in [-0.2, -0.15) is 0 Å². The molecule has 104 valence electrons. The lowest BCUT2D eigenvalue weighted by molar-refractivity contribution is -0.116. The van der Waals surface area contributed by atoms with Crippen molar-refractivity contribution in [3.63, 3.8) is 0 Å². The summed E-state index contributed by atoms with van der Waals surface area (Å²) >= 11 is 0. The number of rotatable bonds is 7. The number of ketones is 1. The molecular weight excluding hydrogens is 244 g/mol. The van der Waals surface area contributed by atoms with Crippen molar-refractivity contribution in [2.45, 2.75) is 19.8 Å². The molecule has 0 aliphatic rings. The van der Waals surface area contributed by atoms with Gasteiger partial charge in [0.2, 0.25) is 0 Å². The van der Waals surface area contributed by atoms with E-state index in [-0.39, 0.29) is 11.8 Å². The smallest absolute Gasteiger partial charge is 0.314 e. The van der Waals surface area contributed by atoms with Crippen LogP contribution in [0.4, 0.5) is 4.79 Å². The van der Waals surface area contributed by atoms with Crippen molar-refractivity contribution in [2.75, 3.05) is 20.2 Å². The molecule has 0 aliphatic carbocycles. The van der Waals surface area contributed by atoms with E-state index < -0.39 is 0 Å². The van der Waals surface area contributed by atoms with Gasteiger partial charge in [0.05, 0.1) is 7.11 Å². The zero-order valence-electron chi connectivity index (χ0n) is 11.4. The second kappa shape index (κ2) is 8.13. The summed E-state index contributed by atoms with van der Waals surface area (Å²) in [7, 11) is 1.63. The van der Waals surface area contributed by atoms with E-state index in [9.17, 15) is 9.59 Å². The third kappa shape index (κ3) is 6.45. The minimum absolute atomic E-state index is 0.0681. The summed E-state index contributed by atoms with van der Waals surface area (Å²) in [5.74, 6) is 0.886. The maximum atomic E-state index is 11.4. The monoisotopic (exact) mass is 264 g/mol. The second-order valence-corrected chi connectivity index (χ2v) is 4.23. The summed E-state index contributed by atoms with van der Waals surface area (Å²) in [6.45, 7) is 2.44. The number of Topliss-reactive ketones (excluding diaryl/α,β-unsaturated/α-hetero) is 1. The number of hydrogen-bond donors (Lipinski definition) is 2. The third-order valence-corrected chi connectivity index (χ3v) is 2.62. The highest BCUT2D eigenvalue weighted by molar-refractivity contribution is 5.77. The Morgan fingerprint density at radius 1 is 1.11 bits per heavy atom. The molecule has 0 saturated carbocycles. The molecule has 0 fully saturated rings. The Labute approximate surface area is 113 Å². The average Bonchev–Trinajstić information content (AvgIpc) is 2.39. The molecule has 19 heavy (non-hydrogen) atoms. The van der Waals surface area contributed by atoms with Gasteiger partial charge in [-0.15, -0.1) is 0 Å². The first-order chi connectivity index (χ1) is 9.11. The van der Waals surface area contributed by atoms with Crippen LogP contribution < -0.4 is 15.4 Å². The van der Waals surface area contributed by atoms with Crippen LogP contribution in [0.5, 0.6) is 5.75 Å². The highest BCUT2D eigenvalue weighted by Gasteiger charge is 2.00. The van der Waals surface area contributed by atoms with E-state index in [0.717, 1.165) is 17.7 Å². The molecule has 1 rings (SSSR count). The molecule has 0 aromatic heterocycles. The first-order valence-corrected chi connectivity index (χ1v) is 6.26. The van der Waals surface area contributed by atoms with Gasteiger partial charge in [-0.25, -0.2) is 4.79 Å². The lowest BCUT2D eigenvalue weighted by Gasteiger charge is -2.07. The Morgan fingerprint density at radius 2 is 1.74 bits per heavy atom. The Balaban J connectivity index is 2.18. The van der Waals surface area contributed by atoms with E-state index in [1.165, 1.54) is 6.92 Å². The van der Waals surface area contributed by atoms with Crippen molar-refractivity contribution in [3.05, 3.63) is 29.8 Å². The average molecular weight is 264 g/mol. The van der Waals surface area contributed by atoms with Crippen LogP contribution in [0.3, 0.4) is 0 Å². The molecule has 5 nitrogen and oxygen atoms in total. The zero-order valence-corrected chi connectivity index (χ0v) is 11.4. The maximum Gasteiger partial charge on any atom is 0.314 e. The molecule has 1 aromatic rings. The van der Waals surface area contributed by atoms with E-state index in [0.29, 0.717) is 19.5 Å². The lowest BCUT2D eigenvalue weighted by atomic mass is 10.1. The molecule has 5 heteroatoms. The van der Waals surface area contributed by atoms with Crippen LogP contribution in [-0.2, 0) is 11.2 Å². The number of methoxy groups -OCH3 is 1. The molecule has 0 spiro atoms. The van der Waals surface area contributed by atoms with Crippen molar-refractivity contribution < 1.29 is 14.3 Å². The highest BCUT2D eigenvalue weighted by Crippen LogP contribution is 2.11. The number of nitrogens with one attached hydrogen (secondary N) is 2. The van der Waals surface area contributed by atoms with Crippen LogP contribution in [0, 0.1) is 0 Å². The fourth-order valence-corrected chi connectivity index (χ4v) is 1.53. The Hall–Kier alpha value is -2.04. The topological polar surface area (TPSA) is 67.4 Å². The summed E-state index contributed by atoms with van der Waals surface area (Å²) in [6.07, 6.45) is 1.12. The van der Waals surface area contributed by atoms with Crippen LogP contribution in [0.1, 0.15) is 18.9 Å². The number of urea groups is 1. The normalized spacial score (nSPS) is 9.79. The maximum absolute atomic E-state index is 11.4. The summed E-state index contributed by atoms with van der Waals surface area (Å²) in [5.41, 5.74) is 1.13. The fraction of sp³-hybridized carbons (Fsp3) is 0.429. The Morgan fingerprint density at radius 3 is 2.32 bits per heavy atom. The van der Waals surface area contributed by atoms with Gasteiger partial charge < -0.3 is 15.4 Å². The molecule has 0 aliphatic heterocycles. The number of carbonyl (C=O) groups excluding carboxylic acids is 2. The molecule has 0 unspecified atom stereocenters. The van der Waals surface area contributed by atoms with Gasteiger partial charge in [-0.1, -0.05) is 12.1 Å². The number of hydrogen-bond acceptors (Lipinski definition) is 3. The SMILES string of the molecule is COc1ccc(CCNC(=O)NCCC(C)=O)cc1. The van der Waals surface area contributed by atoms with Crippen molar-refractivity contribution in [2.24, 2.45) is 0 Å². The van der Waals surface area contributed by atoms with Crippen molar-refractivity contribution >= 4 is 11.8 Å². The van der Waals surface area contributed by atoms with Gasteiger partial charge in [-0.3, -0.25) is 4.79 Å².